The van der Waals surface area contributed by atoms with E-state index in [9.17, 15) is 0 Å². The first kappa shape index (κ1) is 17.0. The molecule has 0 radical (unpaired) electrons. The van der Waals surface area contributed by atoms with Crippen molar-refractivity contribution >= 4 is 0 Å². The number of ether oxygens (including phenoxy) is 2. The third-order valence-electron chi connectivity index (χ3n) is 4.53. The van der Waals surface area contributed by atoms with Crippen molar-refractivity contribution in [3.8, 4) is 0 Å². The van der Waals surface area contributed by atoms with Crippen molar-refractivity contribution < 1.29 is 9.47 Å². The van der Waals surface area contributed by atoms with Gasteiger partial charge in [0.2, 0.25) is 0 Å². The molecule has 2 aliphatic heterocycles. The minimum absolute atomic E-state index is 0.0292. The lowest BCUT2D eigenvalue weighted by Gasteiger charge is -2.28. The van der Waals surface area contributed by atoms with E-state index in [4.69, 9.17) is 9.47 Å². The van der Waals surface area contributed by atoms with Crippen LogP contribution < -0.4 is 0 Å². The molecule has 3 atom stereocenters. The highest BCUT2D eigenvalue weighted by Gasteiger charge is 2.28. The van der Waals surface area contributed by atoms with Gasteiger partial charge < -0.3 is 14.4 Å². The summed E-state index contributed by atoms with van der Waals surface area (Å²) in [5.74, 6) is 0.666. The predicted octanol–water partition coefficient (Wildman–Crippen LogP) is 3.99. The molecule has 0 aromatic heterocycles. The molecule has 0 unspecified atom stereocenters. The molecule has 0 spiro atoms. The minimum atomic E-state index is 0.0292. The zero-order valence-corrected chi connectivity index (χ0v) is 14.1. The topological polar surface area (TPSA) is 21.7 Å². The molecular weight excluding hydrogens is 262 g/mol. The molecule has 0 aliphatic carbocycles. The summed E-state index contributed by atoms with van der Waals surface area (Å²) < 4.78 is 11.9. The molecule has 0 saturated carbocycles. The number of likely N-dealkylation sites (tertiary alicyclic amines) is 1. The van der Waals surface area contributed by atoms with Crippen LogP contribution >= 0.6 is 0 Å². The van der Waals surface area contributed by atoms with Crippen molar-refractivity contribution in [3.63, 3.8) is 0 Å². The molecule has 2 heterocycles. The highest BCUT2D eigenvalue weighted by molar-refractivity contribution is 4.92. The van der Waals surface area contributed by atoms with E-state index in [1.807, 2.05) is 0 Å². The maximum atomic E-state index is 6.08. The van der Waals surface area contributed by atoms with Crippen LogP contribution in [0.1, 0.15) is 59.3 Å². The zero-order chi connectivity index (χ0) is 15.1. The molecule has 0 amide bonds. The molecule has 2 saturated heterocycles. The van der Waals surface area contributed by atoms with Gasteiger partial charge in [-0.1, -0.05) is 25.0 Å². The van der Waals surface area contributed by atoms with E-state index in [1.54, 1.807) is 0 Å². The van der Waals surface area contributed by atoms with Gasteiger partial charge in [0.25, 0.3) is 0 Å². The quantitative estimate of drug-likeness (QED) is 0.663. The fourth-order valence-electron chi connectivity index (χ4n) is 3.26. The standard InChI is InChI=1S/C18H33NO2/c1-15(2)8-7-9-16(3)12-18-20-14-17(21-18)13-19-10-5-4-6-11-19/h8,16-18H,4-7,9-14H2,1-3H3/t16-,17+,18+/m0/s1. The number of hydrogen-bond donors (Lipinski definition) is 0. The Morgan fingerprint density at radius 2 is 2.00 bits per heavy atom. The SMILES string of the molecule is CC(C)=CCC[C@H](C)C[C@@H]1OC[C@@H](CN2CCCCC2)O1. The Labute approximate surface area is 130 Å². The first-order chi connectivity index (χ1) is 10.1. The first-order valence-corrected chi connectivity index (χ1v) is 8.76. The molecule has 0 aromatic carbocycles. The van der Waals surface area contributed by atoms with Crippen LogP contribution in [0.3, 0.4) is 0 Å². The predicted molar refractivity (Wildman–Crippen MR) is 87.4 cm³/mol. The second kappa shape index (κ2) is 8.92. The van der Waals surface area contributed by atoms with E-state index in [-0.39, 0.29) is 12.4 Å². The second-order valence-corrected chi connectivity index (χ2v) is 7.08. The number of nitrogens with zero attached hydrogens (tertiary/aromatic N) is 1. The van der Waals surface area contributed by atoms with Crippen LogP contribution in [0.4, 0.5) is 0 Å². The molecule has 0 bridgehead atoms. The lowest BCUT2D eigenvalue weighted by Crippen LogP contribution is -2.37. The van der Waals surface area contributed by atoms with Gasteiger partial charge in [-0.3, -0.25) is 0 Å². The van der Waals surface area contributed by atoms with Crippen LogP contribution in [0.25, 0.3) is 0 Å². The smallest absolute Gasteiger partial charge is 0.158 e. The minimum Gasteiger partial charge on any atom is -0.350 e. The van der Waals surface area contributed by atoms with Gasteiger partial charge >= 0.3 is 0 Å². The molecule has 3 nitrogen and oxygen atoms in total. The van der Waals surface area contributed by atoms with Gasteiger partial charge in [-0.25, -0.2) is 0 Å². The van der Waals surface area contributed by atoms with Crippen LogP contribution in [0, 0.1) is 5.92 Å². The molecule has 3 heteroatoms. The number of hydrogen-bond acceptors (Lipinski definition) is 3. The van der Waals surface area contributed by atoms with Gasteiger partial charge in [-0.2, -0.15) is 0 Å². The summed E-state index contributed by atoms with van der Waals surface area (Å²) in [6, 6.07) is 0. The first-order valence-electron chi connectivity index (χ1n) is 8.76. The van der Waals surface area contributed by atoms with Gasteiger partial charge in [-0.15, -0.1) is 0 Å². The van der Waals surface area contributed by atoms with Crippen molar-refractivity contribution in [2.75, 3.05) is 26.2 Å². The Bertz CT molecular complexity index is 319. The van der Waals surface area contributed by atoms with Gasteiger partial charge in [0.05, 0.1) is 12.7 Å². The largest absolute Gasteiger partial charge is 0.350 e. The lowest BCUT2D eigenvalue weighted by molar-refractivity contribution is -0.0745. The number of rotatable bonds is 7. The average molecular weight is 295 g/mol. The van der Waals surface area contributed by atoms with Crippen molar-refractivity contribution in [2.45, 2.75) is 71.7 Å². The monoisotopic (exact) mass is 295 g/mol. The average Bonchev–Trinajstić information content (AvgIpc) is 2.86. The third-order valence-corrected chi connectivity index (χ3v) is 4.53. The van der Waals surface area contributed by atoms with E-state index < -0.39 is 0 Å². The van der Waals surface area contributed by atoms with Crippen molar-refractivity contribution in [1.82, 2.24) is 4.90 Å². The Kier molecular flexibility index (Phi) is 7.21. The Hall–Kier alpha value is -0.380. The van der Waals surface area contributed by atoms with E-state index in [1.165, 1.54) is 50.8 Å². The molecule has 21 heavy (non-hydrogen) atoms. The van der Waals surface area contributed by atoms with Crippen LogP contribution in [-0.2, 0) is 9.47 Å². The maximum Gasteiger partial charge on any atom is 0.158 e. The van der Waals surface area contributed by atoms with Crippen LogP contribution in [0.5, 0.6) is 0 Å². The number of allylic oxidation sites excluding steroid dienone is 2. The molecule has 2 rings (SSSR count). The fourth-order valence-corrected chi connectivity index (χ4v) is 3.26. The van der Waals surface area contributed by atoms with Gasteiger partial charge in [0, 0.05) is 13.0 Å². The summed E-state index contributed by atoms with van der Waals surface area (Å²) in [7, 11) is 0. The van der Waals surface area contributed by atoms with Crippen LogP contribution in [0.15, 0.2) is 11.6 Å². The lowest BCUT2D eigenvalue weighted by atomic mass is 10.0. The molecular formula is C18H33NO2. The molecule has 122 valence electrons. The Morgan fingerprint density at radius 3 is 2.71 bits per heavy atom. The maximum absolute atomic E-state index is 6.08. The summed E-state index contributed by atoms with van der Waals surface area (Å²) in [4.78, 5) is 2.54. The van der Waals surface area contributed by atoms with Gasteiger partial charge in [0.15, 0.2) is 6.29 Å². The summed E-state index contributed by atoms with van der Waals surface area (Å²) >= 11 is 0. The normalized spacial score (nSPS) is 28.5. The fraction of sp³-hybridized carbons (Fsp3) is 0.889. The van der Waals surface area contributed by atoms with Crippen LogP contribution in [0.2, 0.25) is 0 Å². The molecule has 2 fully saturated rings. The molecule has 0 aromatic rings. The highest BCUT2D eigenvalue weighted by atomic mass is 16.7. The van der Waals surface area contributed by atoms with Crippen molar-refractivity contribution in [3.05, 3.63) is 11.6 Å². The van der Waals surface area contributed by atoms with Gasteiger partial charge in [-0.05, 0) is 58.5 Å². The summed E-state index contributed by atoms with van der Waals surface area (Å²) in [6.45, 7) is 11.0. The Morgan fingerprint density at radius 1 is 1.24 bits per heavy atom. The van der Waals surface area contributed by atoms with E-state index in [2.05, 4.69) is 31.7 Å². The summed E-state index contributed by atoms with van der Waals surface area (Å²) in [5, 5.41) is 0. The Balaban J connectivity index is 1.61. The van der Waals surface area contributed by atoms with Crippen LogP contribution in [-0.4, -0.2) is 43.5 Å². The second-order valence-electron chi connectivity index (χ2n) is 7.08. The summed E-state index contributed by atoms with van der Waals surface area (Å²) in [5.41, 5.74) is 1.41. The third kappa shape index (κ3) is 6.50. The zero-order valence-electron chi connectivity index (χ0n) is 14.1. The molecule has 2 aliphatic rings. The van der Waals surface area contributed by atoms with E-state index in [0.29, 0.717) is 5.92 Å². The van der Waals surface area contributed by atoms with Crippen molar-refractivity contribution in [2.24, 2.45) is 5.92 Å². The van der Waals surface area contributed by atoms with E-state index in [0.717, 1.165) is 19.6 Å². The van der Waals surface area contributed by atoms with Crippen molar-refractivity contribution in [1.29, 1.82) is 0 Å². The molecule has 0 N–H and O–H groups in total. The highest BCUT2D eigenvalue weighted by Crippen LogP contribution is 2.23. The van der Waals surface area contributed by atoms with Gasteiger partial charge in [0.1, 0.15) is 0 Å². The van der Waals surface area contributed by atoms with E-state index >= 15 is 0 Å². The summed E-state index contributed by atoms with van der Waals surface area (Å²) in [6.07, 6.45) is 10.2. The number of piperidine rings is 1.